The lowest BCUT2D eigenvalue weighted by atomic mass is 10.1. The summed E-state index contributed by atoms with van der Waals surface area (Å²) < 4.78 is 0. The van der Waals surface area contributed by atoms with E-state index in [1.807, 2.05) is 18.2 Å². The molecule has 2 N–H and O–H groups in total. The van der Waals surface area contributed by atoms with Gasteiger partial charge in [0.2, 0.25) is 5.91 Å². The van der Waals surface area contributed by atoms with Crippen molar-refractivity contribution in [3.05, 3.63) is 35.9 Å². The molecule has 1 aromatic carbocycles. The fourth-order valence-electron chi connectivity index (χ4n) is 1.17. The zero-order chi connectivity index (χ0) is 12.2. The van der Waals surface area contributed by atoms with Gasteiger partial charge in [-0.2, -0.15) is 0 Å². The fraction of sp³-hybridized carbons (Fsp3) is 0.417. The van der Waals surface area contributed by atoms with Gasteiger partial charge in [0.1, 0.15) is 5.38 Å². The minimum Gasteiger partial charge on any atom is -0.389 e. The lowest BCUT2D eigenvalue weighted by molar-refractivity contribution is -0.121. The second kappa shape index (κ2) is 5.32. The van der Waals surface area contributed by atoms with Crippen LogP contribution in [-0.2, 0) is 4.79 Å². The lowest BCUT2D eigenvalue weighted by Crippen LogP contribution is -2.39. The van der Waals surface area contributed by atoms with E-state index < -0.39 is 11.0 Å². The highest BCUT2D eigenvalue weighted by Crippen LogP contribution is 2.19. The van der Waals surface area contributed by atoms with Crippen molar-refractivity contribution >= 4 is 17.5 Å². The molecule has 0 radical (unpaired) electrons. The Morgan fingerprint density at radius 3 is 2.50 bits per heavy atom. The quantitative estimate of drug-likeness (QED) is 0.791. The first-order chi connectivity index (χ1) is 7.40. The van der Waals surface area contributed by atoms with Crippen molar-refractivity contribution < 1.29 is 9.90 Å². The van der Waals surface area contributed by atoms with E-state index in [0.29, 0.717) is 0 Å². The normalized spacial score (nSPS) is 13.2. The average molecular weight is 242 g/mol. The predicted molar refractivity (Wildman–Crippen MR) is 64.3 cm³/mol. The highest BCUT2D eigenvalue weighted by Gasteiger charge is 2.20. The molecule has 0 aliphatic rings. The van der Waals surface area contributed by atoms with Gasteiger partial charge in [0.15, 0.2) is 0 Å². The smallest absolute Gasteiger partial charge is 0.242 e. The molecule has 0 aliphatic carbocycles. The predicted octanol–water partition coefficient (Wildman–Crippen LogP) is 1.85. The summed E-state index contributed by atoms with van der Waals surface area (Å²) >= 11 is 5.99. The zero-order valence-corrected chi connectivity index (χ0v) is 10.2. The maximum atomic E-state index is 11.6. The van der Waals surface area contributed by atoms with Crippen LogP contribution in [0.1, 0.15) is 24.8 Å². The molecule has 0 fully saturated rings. The molecule has 1 amide bonds. The number of carbonyl (C=O) groups excluding carboxylic acids is 1. The van der Waals surface area contributed by atoms with Crippen molar-refractivity contribution in [1.82, 2.24) is 5.32 Å². The monoisotopic (exact) mass is 241 g/mol. The van der Waals surface area contributed by atoms with Crippen molar-refractivity contribution in [3.63, 3.8) is 0 Å². The molecule has 0 saturated heterocycles. The second-order valence-corrected chi connectivity index (χ2v) is 4.74. The van der Waals surface area contributed by atoms with Crippen molar-refractivity contribution in [3.8, 4) is 0 Å². The molecule has 1 aromatic rings. The Hall–Kier alpha value is -1.06. The van der Waals surface area contributed by atoms with E-state index in [0.717, 1.165) is 5.56 Å². The topological polar surface area (TPSA) is 49.3 Å². The minimum absolute atomic E-state index is 0.182. The molecule has 0 heterocycles. The van der Waals surface area contributed by atoms with E-state index in [1.165, 1.54) is 0 Å². The number of rotatable bonds is 4. The molecule has 16 heavy (non-hydrogen) atoms. The molecule has 0 spiro atoms. The molecule has 0 saturated carbocycles. The van der Waals surface area contributed by atoms with Crippen LogP contribution in [0, 0.1) is 0 Å². The SMILES string of the molecule is CC(C)(O)CNC(=O)C(Cl)c1ccccc1. The Kier molecular flexibility index (Phi) is 4.33. The van der Waals surface area contributed by atoms with Crippen LogP contribution in [-0.4, -0.2) is 23.2 Å². The Morgan fingerprint density at radius 1 is 1.44 bits per heavy atom. The highest BCUT2D eigenvalue weighted by atomic mass is 35.5. The summed E-state index contributed by atoms with van der Waals surface area (Å²) in [5, 5.41) is 11.3. The van der Waals surface area contributed by atoms with Crippen LogP contribution in [0.4, 0.5) is 0 Å². The van der Waals surface area contributed by atoms with Gasteiger partial charge >= 0.3 is 0 Å². The third-order valence-electron chi connectivity index (χ3n) is 2.02. The summed E-state index contributed by atoms with van der Waals surface area (Å²) in [7, 11) is 0. The first kappa shape index (κ1) is 13.0. The molecule has 3 nitrogen and oxygen atoms in total. The number of carbonyl (C=O) groups is 1. The molecule has 0 bridgehead atoms. The van der Waals surface area contributed by atoms with E-state index in [-0.39, 0.29) is 12.5 Å². The van der Waals surface area contributed by atoms with E-state index in [9.17, 15) is 9.90 Å². The summed E-state index contributed by atoms with van der Waals surface area (Å²) in [6, 6.07) is 9.10. The van der Waals surface area contributed by atoms with E-state index in [2.05, 4.69) is 5.32 Å². The number of benzene rings is 1. The molecule has 4 heteroatoms. The maximum absolute atomic E-state index is 11.6. The summed E-state index contributed by atoms with van der Waals surface area (Å²) in [6.07, 6.45) is 0. The second-order valence-electron chi connectivity index (χ2n) is 4.30. The molecular formula is C12H16ClNO2. The number of aliphatic hydroxyl groups is 1. The summed E-state index contributed by atoms with van der Waals surface area (Å²) in [5.74, 6) is -0.296. The van der Waals surface area contributed by atoms with Crippen LogP contribution in [0.5, 0.6) is 0 Å². The van der Waals surface area contributed by atoms with Gasteiger partial charge in [-0.05, 0) is 19.4 Å². The molecular weight excluding hydrogens is 226 g/mol. The van der Waals surface area contributed by atoms with Crippen molar-refractivity contribution in [2.45, 2.75) is 24.8 Å². The van der Waals surface area contributed by atoms with Gasteiger partial charge < -0.3 is 10.4 Å². The molecule has 0 aliphatic heterocycles. The molecule has 1 atom stereocenters. The van der Waals surface area contributed by atoms with Gasteiger partial charge in [-0.15, -0.1) is 11.6 Å². The number of amides is 1. The summed E-state index contributed by atoms with van der Waals surface area (Å²) in [6.45, 7) is 3.43. The Bertz CT molecular complexity index is 346. The van der Waals surface area contributed by atoms with E-state index >= 15 is 0 Å². The number of alkyl halides is 1. The van der Waals surface area contributed by atoms with Crippen molar-refractivity contribution in [2.24, 2.45) is 0 Å². The van der Waals surface area contributed by atoms with Crippen LogP contribution in [0.2, 0.25) is 0 Å². The van der Waals surface area contributed by atoms with Crippen molar-refractivity contribution in [1.29, 1.82) is 0 Å². The van der Waals surface area contributed by atoms with Gasteiger partial charge in [-0.1, -0.05) is 30.3 Å². The summed E-state index contributed by atoms with van der Waals surface area (Å²) in [4.78, 5) is 11.6. The van der Waals surface area contributed by atoms with Gasteiger partial charge in [-0.25, -0.2) is 0 Å². The summed E-state index contributed by atoms with van der Waals surface area (Å²) in [5.41, 5.74) is -0.180. The first-order valence-electron chi connectivity index (χ1n) is 5.09. The van der Waals surface area contributed by atoms with Gasteiger partial charge in [0.05, 0.1) is 5.60 Å². The molecule has 1 unspecified atom stereocenters. The fourth-order valence-corrected chi connectivity index (χ4v) is 1.39. The highest BCUT2D eigenvalue weighted by molar-refractivity contribution is 6.30. The third kappa shape index (κ3) is 4.21. The average Bonchev–Trinajstić information content (AvgIpc) is 2.25. The number of hydrogen-bond acceptors (Lipinski definition) is 2. The lowest BCUT2D eigenvalue weighted by Gasteiger charge is -2.19. The maximum Gasteiger partial charge on any atom is 0.242 e. The minimum atomic E-state index is -0.928. The Morgan fingerprint density at radius 2 is 2.00 bits per heavy atom. The largest absolute Gasteiger partial charge is 0.389 e. The van der Waals surface area contributed by atoms with Crippen molar-refractivity contribution in [2.75, 3.05) is 6.54 Å². The number of nitrogens with one attached hydrogen (secondary N) is 1. The van der Waals surface area contributed by atoms with Gasteiger partial charge in [0.25, 0.3) is 0 Å². The van der Waals surface area contributed by atoms with Crippen LogP contribution in [0.3, 0.4) is 0 Å². The molecule has 1 rings (SSSR count). The van der Waals surface area contributed by atoms with Gasteiger partial charge in [-0.3, -0.25) is 4.79 Å². The Balaban J connectivity index is 2.55. The van der Waals surface area contributed by atoms with E-state index in [4.69, 9.17) is 11.6 Å². The van der Waals surface area contributed by atoms with Crippen LogP contribution < -0.4 is 5.32 Å². The zero-order valence-electron chi connectivity index (χ0n) is 9.40. The van der Waals surface area contributed by atoms with E-state index in [1.54, 1.807) is 26.0 Å². The van der Waals surface area contributed by atoms with Gasteiger partial charge in [0, 0.05) is 6.54 Å². The number of halogens is 1. The Labute approximate surface area is 100 Å². The standard InChI is InChI=1S/C12H16ClNO2/c1-12(2,16)8-14-11(15)10(13)9-6-4-3-5-7-9/h3-7,10,16H,8H2,1-2H3,(H,14,15). The molecule has 88 valence electrons. The van der Waals surface area contributed by atoms with Crippen LogP contribution >= 0.6 is 11.6 Å². The molecule has 0 aromatic heterocycles. The number of hydrogen-bond donors (Lipinski definition) is 2. The first-order valence-corrected chi connectivity index (χ1v) is 5.53. The third-order valence-corrected chi connectivity index (χ3v) is 2.47. The van der Waals surface area contributed by atoms with Crippen LogP contribution in [0.15, 0.2) is 30.3 Å². The van der Waals surface area contributed by atoms with Crippen LogP contribution in [0.25, 0.3) is 0 Å².